The Morgan fingerprint density at radius 1 is 1.55 bits per heavy atom. The molecule has 0 bridgehead atoms. The van der Waals surface area contributed by atoms with Gasteiger partial charge in [-0.05, 0) is 18.9 Å². The molecule has 0 saturated carbocycles. The molecule has 106 valence electrons. The first-order valence-electron chi connectivity index (χ1n) is 6.94. The zero-order valence-corrected chi connectivity index (χ0v) is 11.6. The maximum Gasteiger partial charge on any atom is 0.291 e. The van der Waals surface area contributed by atoms with Crippen LogP contribution in [-0.4, -0.2) is 21.1 Å². The van der Waals surface area contributed by atoms with Gasteiger partial charge in [0.15, 0.2) is 0 Å². The molecule has 3 rings (SSSR count). The number of aromatic amines is 1. The van der Waals surface area contributed by atoms with Crippen molar-refractivity contribution in [1.29, 1.82) is 0 Å². The minimum atomic E-state index is -0.243. The Morgan fingerprint density at radius 2 is 2.40 bits per heavy atom. The Labute approximate surface area is 117 Å². The molecule has 0 fully saturated rings. The van der Waals surface area contributed by atoms with Crippen molar-refractivity contribution >= 4 is 5.91 Å². The second kappa shape index (κ2) is 5.11. The molecule has 0 saturated heterocycles. The third-order valence-electron chi connectivity index (χ3n) is 3.61. The van der Waals surface area contributed by atoms with E-state index in [-0.39, 0.29) is 23.7 Å². The molecule has 2 aromatic rings. The van der Waals surface area contributed by atoms with Crippen molar-refractivity contribution in [3.8, 4) is 0 Å². The lowest BCUT2D eigenvalue weighted by Gasteiger charge is -2.21. The topological polar surface area (TPSA) is 83.8 Å². The van der Waals surface area contributed by atoms with E-state index in [0.29, 0.717) is 0 Å². The minimum Gasteiger partial charge on any atom is -0.469 e. The van der Waals surface area contributed by atoms with Crippen LogP contribution in [0.15, 0.2) is 16.7 Å². The molecule has 1 amide bonds. The molecule has 0 radical (unpaired) electrons. The Kier molecular flexibility index (Phi) is 3.30. The number of nitrogens with zero attached hydrogens (tertiary/aromatic N) is 2. The number of aromatic nitrogens is 3. The fourth-order valence-electron chi connectivity index (χ4n) is 2.49. The van der Waals surface area contributed by atoms with Gasteiger partial charge in [0.25, 0.3) is 5.91 Å². The van der Waals surface area contributed by atoms with Crippen molar-refractivity contribution in [2.45, 2.75) is 45.1 Å². The van der Waals surface area contributed by atoms with Crippen LogP contribution in [0.25, 0.3) is 0 Å². The SMILES string of the molecule is CC(C)c1nc(C(=O)NC2CCCc3occc32)n[nH]1. The van der Waals surface area contributed by atoms with Gasteiger partial charge in [0.2, 0.25) is 5.82 Å². The second-order valence-corrected chi connectivity index (χ2v) is 5.42. The summed E-state index contributed by atoms with van der Waals surface area (Å²) in [7, 11) is 0. The van der Waals surface area contributed by atoms with Crippen LogP contribution in [-0.2, 0) is 6.42 Å². The summed E-state index contributed by atoms with van der Waals surface area (Å²) in [5.74, 6) is 1.87. The summed E-state index contributed by atoms with van der Waals surface area (Å²) in [6.45, 7) is 4.00. The van der Waals surface area contributed by atoms with Crippen LogP contribution in [0.5, 0.6) is 0 Å². The molecule has 2 heterocycles. The van der Waals surface area contributed by atoms with Gasteiger partial charge in [0.1, 0.15) is 11.6 Å². The summed E-state index contributed by atoms with van der Waals surface area (Å²) < 4.78 is 5.42. The van der Waals surface area contributed by atoms with Crippen molar-refractivity contribution in [2.75, 3.05) is 0 Å². The van der Waals surface area contributed by atoms with Crippen LogP contribution < -0.4 is 5.32 Å². The van der Waals surface area contributed by atoms with Gasteiger partial charge in [0.05, 0.1) is 12.3 Å². The first kappa shape index (κ1) is 12.9. The van der Waals surface area contributed by atoms with E-state index in [1.165, 1.54) is 0 Å². The van der Waals surface area contributed by atoms with E-state index < -0.39 is 0 Å². The van der Waals surface area contributed by atoms with Crippen LogP contribution in [0.4, 0.5) is 0 Å². The van der Waals surface area contributed by atoms with E-state index in [2.05, 4.69) is 20.5 Å². The summed E-state index contributed by atoms with van der Waals surface area (Å²) in [4.78, 5) is 16.4. The quantitative estimate of drug-likeness (QED) is 0.899. The number of carbonyl (C=O) groups excluding carboxylic acids is 1. The van der Waals surface area contributed by atoms with Gasteiger partial charge < -0.3 is 9.73 Å². The van der Waals surface area contributed by atoms with Crippen LogP contribution in [0, 0.1) is 0 Å². The van der Waals surface area contributed by atoms with Crippen molar-refractivity contribution in [3.63, 3.8) is 0 Å². The number of rotatable bonds is 3. The van der Waals surface area contributed by atoms with Crippen LogP contribution in [0.3, 0.4) is 0 Å². The number of amides is 1. The van der Waals surface area contributed by atoms with Gasteiger partial charge in [-0.25, -0.2) is 4.98 Å². The van der Waals surface area contributed by atoms with Gasteiger partial charge >= 0.3 is 0 Å². The minimum absolute atomic E-state index is 0.00833. The molecular formula is C14H18N4O2. The molecule has 0 aromatic carbocycles. The molecule has 0 aliphatic heterocycles. The molecule has 1 aliphatic carbocycles. The highest BCUT2D eigenvalue weighted by Gasteiger charge is 2.25. The number of furan rings is 1. The predicted octanol–water partition coefficient (Wildman–Crippen LogP) is 2.33. The van der Waals surface area contributed by atoms with Gasteiger partial charge in [-0.1, -0.05) is 13.8 Å². The number of nitrogens with one attached hydrogen (secondary N) is 2. The number of hydrogen-bond donors (Lipinski definition) is 2. The lowest BCUT2D eigenvalue weighted by molar-refractivity contribution is 0.0922. The van der Waals surface area contributed by atoms with E-state index in [1.54, 1.807) is 6.26 Å². The fourth-order valence-corrected chi connectivity index (χ4v) is 2.49. The highest BCUT2D eigenvalue weighted by molar-refractivity contribution is 5.90. The van der Waals surface area contributed by atoms with Crippen molar-refractivity contribution in [3.05, 3.63) is 35.3 Å². The number of hydrogen-bond acceptors (Lipinski definition) is 4. The third-order valence-corrected chi connectivity index (χ3v) is 3.61. The number of aryl methyl sites for hydroxylation is 1. The Morgan fingerprint density at radius 3 is 3.15 bits per heavy atom. The lowest BCUT2D eigenvalue weighted by atomic mass is 9.93. The average molecular weight is 274 g/mol. The maximum atomic E-state index is 12.2. The van der Waals surface area contributed by atoms with E-state index in [0.717, 1.165) is 36.4 Å². The Balaban J connectivity index is 1.74. The highest BCUT2D eigenvalue weighted by Crippen LogP contribution is 2.30. The Hall–Kier alpha value is -2.11. The number of fused-ring (bicyclic) bond motifs is 1. The van der Waals surface area contributed by atoms with Gasteiger partial charge in [-0.15, -0.1) is 5.10 Å². The molecule has 6 heteroatoms. The smallest absolute Gasteiger partial charge is 0.291 e. The lowest BCUT2D eigenvalue weighted by Crippen LogP contribution is -2.31. The van der Waals surface area contributed by atoms with Crippen molar-refractivity contribution in [2.24, 2.45) is 0 Å². The van der Waals surface area contributed by atoms with Crippen molar-refractivity contribution < 1.29 is 9.21 Å². The summed E-state index contributed by atoms with van der Waals surface area (Å²) in [5, 5.41) is 9.76. The van der Waals surface area contributed by atoms with Crippen LogP contribution >= 0.6 is 0 Å². The molecule has 0 spiro atoms. The summed E-state index contributed by atoms with van der Waals surface area (Å²) in [6.07, 6.45) is 4.54. The van der Waals surface area contributed by atoms with Crippen LogP contribution in [0.1, 0.15) is 66.4 Å². The zero-order valence-electron chi connectivity index (χ0n) is 11.6. The molecule has 20 heavy (non-hydrogen) atoms. The van der Waals surface area contributed by atoms with E-state index in [4.69, 9.17) is 4.42 Å². The zero-order chi connectivity index (χ0) is 14.1. The molecule has 1 atom stereocenters. The highest BCUT2D eigenvalue weighted by atomic mass is 16.3. The monoisotopic (exact) mass is 274 g/mol. The fraction of sp³-hybridized carbons (Fsp3) is 0.500. The average Bonchev–Trinajstić information content (AvgIpc) is 3.08. The van der Waals surface area contributed by atoms with Gasteiger partial charge in [-0.2, -0.15) is 0 Å². The molecule has 2 aromatic heterocycles. The molecule has 6 nitrogen and oxygen atoms in total. The van der Waals surface area contributed by atoms with E-state index in [9.17, 15) is 4.79 Å². The Bertz CT molecular complexity index is 614. The molecular weight excluding hydrogens is 256 g/mol. The first-order valence-corrected chi connectivity index (χ1v) is 6.94. The standard InChI is InChI=1S/C14H18N4O2/c1-8(2)12-16-13(18-17-12)14(19)15-10-4-3-5-11-9(10)6-7-20-11/h6-8,10H,3-5H2,1-2H3,(H,15,19)(H,16,17,18). The maximum absolute atomic E-state index is 12.2. The van der Waals surface area contributed by atoms with E-state index >= 15 is 0 Å². The van der Waals surface area contributed by atoms with E-state index in [1.807, 2.05) is 19.9 Å². The molecule has 1 unspecified atom stereocenters. The van der Waals surface area contributed by atoms with Crippen LogP contribution in [0.2, 0.25) is 0 Å². The third kappa shape index (κ3) is 2.33. The van der Waals surface area contributed by atoms with Crippen molar-refractivity contribution in [1.82, 2.24) is 20.5 Å². The summed E-state index contributed by atoms with van der Waals surface area (Å²) in [6, 6.07) is 1.92. The molecule has 2 N–H and O–H groups in total. The van der Waals surface area contributed by atoms with Gasteiger partial charge in [0, 0.05) is 17.9 Å². The molecule has 1 aliphatic rings. The van der Waals surface area contributed by atoms with Gasteiger partial charge in [-0.3, -0.25) is 9.89 Å². The first-order chi connectivity index (χ1) is 9.65. The second-order valence-electron chi connectivity index (χ2n) is 5.42. The summed E-state index contributed by atoms with van der Waals surface area (Å²) in [5.41, 5.74) is 1.07. The largest absolute Gasteiger partial charge is 0.469 e. The number of carbonyl (C=O) groups is 1. The predicted molar refractivity (Wildman–Crippen MR) is 72.3 cm³/mol. The number of H-pyrrole nitrogens is 1. The normalized spacial score (nSPS) is 18.1. The summed E-state index contributed by atoms with van der Waals surface area (Å²) >= 11 is 0.